The highest BCUT2D eigenvalue weighted by molar-refractivity contribution is 6.33. The Balaban J connectivity index is 1.99. The molecule has 0 unspecified atom stereocenters. The van der Waals surface area contributed by atoms with Crippen LogP contribution in [0.1, 0.15) is 33.3 Å². The van der Waals surface area contributed by atoms with Crippen molar-refractivity contribution < 1.29 is 9.47 Å². The van der Waals surface area contributed by atoms with Gasteiger partial charge < -0.3 is 14.8 Å². The minimum Gasteiger partial charge on any atom is -0.493 e. The van der Waals surface area contributed by atoms with Gasteiger partial charge in [0.05, 0.1) is 19.2 Å². The highest BCUT2D eigenvalue weighted by Gasteiger charge is 2.63. The first-order chi connectivity index (χ1) is 9.77. The molecule has 1 aliphatic carbocycles. The first kappa shape index (κ1) is 16.4. The van der Waals surface area contributed by atoms with Gasteiger partial charge in [0.2, 0.25) is 0 Å². The Morgan fingerprint density at radius 2 is 1.71 bits per heavy atom. The highest BCUT2D eigenvalue weighted by Crippen LogP contribution is 2.67. The molecule has 0 aromatic heterocycles. The molecule has 2 rings (SSSR count). The SMILES string of the molecule is COc1ccc(CNCC2C(C)(C)C2(C)C)c(Cl)c1OC. The molecule has 1 fully saturated rings. The van der Waals surface area contributed by atoms with E-state index in [0.717, 1.165) is 18.7 Å². The Bertz CT molecular complexity index is 512. The van der Waals surface area contributed by atoms with E-state index in [1.54, 1.807) is 14.2 Å². The van der Waals surface area contributed by atoms with Gasteiger partial charge in [-0.3, -0.25) is 0 Å². The van der Waals surface area contributed by atoms with Gasteiger partial charge in [0.15, 0.2) is 11.5 Å². The second-order valence-corrected chi connectivity index (χ2v) is 7.28. The Labute approximate surface area is 133 Å². The molecule has 1 N–H and O–H groups in total. The van der Waals surface area contributed by atoms with Gasteiger partial charge in [0.25, 0.3) is 0 Å². The Morgan fingerprint density at radius 3 is 2.19 bits per heavy atom. The van der Waals surface area contributed by atoms with Gasteiger partial charge >= 0.3 is 0 Å². The monoisotopic (exact) mass is 311 g/mol. The summed E-state index contributed by atoms with van der Waals surface area (Å²) in [6.45, 7) is 11.1. The second kappa shape index (κ2) is 5.69. The molecule has 0 heterocycles. The summed E-state index contributed by atoms with van der Waals surface area (Å²) in [6.07, 6.45) is 0. The molecule has 0 aliphatic heterocycles. The standard InChI is InChI=1S/C17H26ClNO2/c1-16(2)13(17(16,3)4)10-19-9-11-7-8-12(20-5)15(21-6)14(11)18/h7-8,13,19H,9-10H2,1-6H3. The van der Waals surface area contributed by atoms with Crippen molar-refractivity contribution in [3.8, 4) is 11.5 Å². The smallest absolute Gasteiger partial charge is 0.179 e. The second-order valence-electron chi connectivity index (χ2n) is 6.90. The van der Waals surface area contributed by atoms with E-state index in [9.17, 15) is 0 Å². The molecule has 4 heteroatoms. The maximum Gasteiger partial charge on any atom is 0.179 e. The molecule has 1 saturated carbocycles. The van der Waals surface area contributed by atoms with Crippen LogP contribution in [0.4, 0.5) is 0 Å². The van der Waals surface area contributed by atoms with Crippen LogP contribution in [0.5, 0.6) is 11.5 Å². The van der Waals surface area contributed by atoms with E-state index in [1.807, 2.05) is 12.1 Å². The summed E-state index contributed by atoms with van der Waals surface area (Å²) in [6, 6.07) is 3.88. The number of benzene rings is 1. The maximum atomic E-state index is 6.39. The molecule has 118 valence electrons. The largest absolute Gasteiger partial charge is 0.493 e. The fraction of sp³-hybridized carbons (Fsp3) is 0.647. The summed E-state index contributed by atoms with van der Waals surface area (Å²) in [5, 5.41) is 4.15. The third kappa shape index (κ3) is 2.74. The van der Waals surface area contributed by atoms with E-state index >= 15 is 0 Å². The summed E-state index contributed by atoms with van der Waals surface area (Å²) in [5.74, 6) is 1.96. The molecule has 0 saturated heterocycles. The van der Waals surface area contributed by atoms with Crippen molar-refractivity contribution >= 4 is 11.6 Å². The molecule has 0 amide bonds. The number of rotatable bonds is 6. The minimum atomic E-state index is 0.404. The van der Waals surface area contributed by atoms with Crippen molar-refractivity contribution in [2.75, 3.05) is 20.8 Å². The lowest BCUT2D eigenvalue weighted by Crippen LogP contribution is -2.19. The molecule has 0 bridgehead atoms. The highest BCUT2D eigenvalue weighted by atomic mass is 35.5. The van der Waals surface area contributed by atoms with Gasteiger partial charge in [-0.25, -0.2) is 0 Å². The lowest BCUT2D eigenvalue weighted by Gasteiger charge is -2.13. The predicted octanol–water partition coefficient (Wildman–Crippen LogP) is 4.13. The lowest BCUT2D eigenvalue weighted by molar-refractivity contribution is 0.354. The zero-order valence-electron chi connectivity index (χ0n) is 13.8. The molecule has 1 aromatic rings. The number of methoxy groups -OCH3 is 2. The van der Waals surface area contributed by atoms with Crippen molar-refractivity contribution in [2.24, 2.45) is 16.7 Å². The Hall–Kier alpha value is -0.930. The summed E-state index contributed by atoms with van der Waals surface area (Å²) < 4.78 is 10.6. The van der Waals surface area contributed by atoms with Gasteiger partial charge in [-0.05, 0) is 34.9 Å². The number of nitrogens with one attached hydrogen (secondary N) is 1. The van der Waals surface area contributed by atoms with Crippen LogP contribution in [0.3, 0.4) is 0 Å². The van der Waals surface area contributed by atoms with Crippen LogP contribution in [0, 0.1) is 16.7 Å². The van der Waals surface area contributed by atoms with Gasteiger partial charge in [0.1, 0.15) is 0 Å². The van der Waals surface area contributed by atoms with E-state index in [1.165, 1.54) is 0 Å². The first-order valence-electron chi connectivity index (χ1n) is 7.37. The zero-order valence-corrected chi connectivity index (χ0v) is 14.6. The van der Waals surface area contributed by atoms with Gasteiger partial charge in [-0.1, -0.05) is 45.4 Å². The fourth-order valence-electron chi connectivity index (χ4n) is 3.26. The summed E-state index contributed by atoms with van der Waals surface area (Å²) in [7, 11) is 3.22. The van der Waals surface area contributed by atoms with Crippen molar-refractivity contribution in [1.82, 2.24) is 5.32 Å². The minimum absolute atomic E-state index is 0.404. The van der Waals surface area contributed by atoms with Crippen molar-refractivity contribution in [1.29, 1.82) is 0 Å². The molecule has 0 radical (unpaired) electrons. The molecule has 0 spiro atoms. The zero-order chi connectivity index (χ0) is 15.8. The first-order valence-corrected chi connectivity index (χ1v) is 7.75. The molecule has 1 aliphatic rings. The van der Waals surface area contributed by atoms with Crippen LogP contribution >= 0.6 is 11.6 Å². The van der Waals surface area contributed by atoms with Crippen molar-refractivity contribution in [3.05, 3.63) is 22.7 Å². The van der Waals surface area contributed by atoms with Crippen LogP contribution in [0.25, 0.3) is 0 Å². The number of hydrogen-bond donors (Lipinski definition) is 1. The molecule has 3 nitrogen and oxygen atoms in total. The maximum absolute atomic E-state index is 6.39. The lowest BCUT2D eigenvalue weighted by atomic mass is 10.0. The van der Waals surface area contributed by atoms with E-state index in [-0.39, 0.29) is 0 Å². The van der Waals surface area contributed by atoms with Gasteiger partial charge in [-0.15, -0.1) is 0 Å². The Kier molecular flexibility index (Phi) is 4.46. The van der Waals surface area contributed by atoms with Crippen LogP contribution in [0.2, 0.25) is 5.02 Å². The van der Waals surface area contributed by atoms with Crippen LogP contribution in [0.15, 0.2) is 12.1 Å². The summed E-state index contributed by atoms with van der Waals surface area (Å²) >= 11 is 6.39. The fourth-order valence-corrected chi connectivity index (χ4v) is 3.56. The average Bonchev–Trinajstić information content (AvgIpc) is 2.82. The molecular weight excluding hydrogens is 286 g/mol. The summed E-state index contributed by atoms with van der Waals surface area (Å²) in [5.41, 5.74) is 1.84. The van der Waals surface area contributed by atoms with E-state index in [0.29, 0.717) is 33.3 Å². The van der Waals surface area contributed by atoms with Gasteiger partial charge in [0, 0.05) is 6.54 Å². The quantitative estimate of drug-likeness (QED) is 0.857. The van der Waals surface area contributed by atoms with Crippen molar-refractivity contribution in [2.45, 2.75) is 34.2 Å². The van der Waals surface area contributed by atoms with Crippen LogP contribution in [-0.4, -0.2) is 20.8 Å². The number of hydrogen-bond acceptors (Lipinski definition) is 3. The average molecular weight is 312 g/mol. The number of ether oxygens (including phenoxy) is 2. The third-order valence-electron chi connectivity index (χ3n) is 5.55. The van der Waals surface area contributed by atoms with Gasteiger partial charge in [-0.2, -0.15) is 0 Å². The molecule has 1 aromatic carbocycles. The van der Waals surface area contributed by atoms with Crippen LogP contribution < -0.4 is 14.8 Å². The topological polar surface area (TPSA) is 30.5 Å². The van der Waals surface area contributed by atoms with Crippen LogP contribution in [-0.2, 0) is 6.54 Å². The van der Waals surface area contributed by atoms with Crippen molar-refractivity contribution in [3.63, 3.8) is 0 Å². The molecule has 0 atom stereocenters. The molecule has 21 heavy (non-hydrogen) atoms. The summed E-state index contributed by atoms with van der Waals surface area (Å²) in [4.78, 5) is 0. The predicted molar refractivity (Wildman–Crippen MR) is 87.3 cm³/mol. The number of halogens is 1. The van der Waals surface area contributed by atoms with E-state index in [2.05, 4.69) is 33.0 Å². The third-order valence-corrected chi connectivity index (χ3v) is 5.96. The van der Waals surface area contributed by atoms with E-state index < -0.39 is 0 Å². The Morgan fingerprint density at radius 1 is 1.10 bits per heavy atom. The normalized spacial score (nSPS) is 19.4. The molecular formula is C17H26ClNO2. The van der Waals surface area contributed by atoms with E-state index in [4.69, 9.17) is 21.1 Å².